The lowest BCUT2D eigenvalue weighted by molar-refractivity contribution is 0.368. The molecule has 0 saturated carbocycles. The van der Waals surface area contributed by atoms with E-state index in [0.29, 0.717) is 11.5 Å². The molecule has 0 aliphatic rings. The van der Waals surface area contributed by atoms with Crippen LogP contribution in [-0.4, -0.2) is 40.0 Å². The van der Waals surface area contributed by atoms with Gasteiger partial charge < -0.3 is 9.47 Å². The van der Waals surface area contributed by atoms with Crippen LogP contribution in [0.2, 0.25) is 0 Å². The average Bonchev–Trinajstić information content (AvgIpc) is 2.44. The van der Waals surface area contributed by atoms with Crippen molar-refractivity contribution in [2.75, 3.05) is 21.3 Å². The number of hydrogen-bond acceptors (Lipinski definition) is 4. The van der Waals surface area contributed by atoms with Crippen LogP contribution < -0.4 is 9.47 Å². The van der Waals surface area contributed by atoms with E-state index in [4.69, 9.17) is 9.47 Å². The normalized spacial score (nSPS) is 13.4. The Morgan fingerprint density at radius 1 is 1.26 bits per heavy atom. The lowest BCUT2D eigenvalue weighted by atomic mass is 10.3. The maximum Gasteiger partial charge on any atom is 0.246 e. The van der Waals surface area contributed by atoms with Crippen LogP contribution in [0, 0.1) is 0 Å². The van der Waals surface area contributed by atoms with Crippen molar-refractivity contribution in [3.63, 3.8) is 0 Å². The predicted octanol–water partition coefficient (Wildman–Crippen LogP) is 2.12. The summed E-state index contributed by atoms with van der Waals surface area (Å²) in [6, 6.07) is 4.66. The number of rotatable bonds is 6. The molecule has 0 saturated heterocycles. The van der Waals surface area contributed by atoms with Crippen molar-refractivity contribution in [2.24, 2.45) is 0 Å². The number of methoxy groups -OCH3 is 2. The third kappa shape index (κ3) is 3.19. The summed E-state index contributed by atoms with van der Waals surface area (Å²) in [7, 11) is 0.920. The first-order valence-corrected chi connectivity index (χ1v) is 7.52. The highest BCUT2D eigenvalue weighted by molar-refractivity contribution is 7.89. The Morgan fingerprint density at radius 2 is 1.89 bits per heavy atom. The Labute approximate surface area is 115 Å². The van der Waals surface area contributed by atoms with E-state index in [1.165, 1.54) is 24.6 Å². The molecule has 108 valence electrons. The van der Waals surface area contributed by atoms with Crippen LogP contribution in [0.4, 0.5) is 0 Å². The number of benzene rings is 1. The average molecular weight is 287 g/mol. The van der Waals surface area contributed by atoms with E-state index in [1.54, 1.807) is 19.2 Å². The molecule has 1 aromatic carbocycles. The van der Waals surface area contributed by atoms with Crippen LogP contribution in [0.3, 0.4) is 0 Å². The zero-order chi connectivity index (χ0) is 14.6. The fourth-order valence-corrected chi connectivity index (χ4v) is 3.24. The molecule has 0 aliphatic carbocycles. The van der Waals surface area contributed by atoms with Gasteiger partial charge in [-0.05, 0) is 25.5 Å². The molecule has 0 fully saturated rings. The van der Waals surface area contributed by atoms with Crippen LogP contribution in [0.1, 0.15) is 20.3 Å². The van der Waals surface area contributed by atoms with Crippen molar-refractivity contribution < 1.29 is 17.9 Å². The summed E-state index contributed by atoms with van der Waals surface area (Å²) < 4.78 is 36.7. The van der Waals surface area contributed by atoms with E-state index < -0.39 is 10.0 Å². The minimum absolute atomic E-state index is 0.0825. The van der Waals surface area contributed by atoms with Crippen LogP contribution in [-0.2, 0) is 10.0 Å². The number of ether oxygens (including phenoxy) is 2. The zero-order valence-electron chi connectivity index (χ0n) is 12.0. The van der Waals surface area contributed by atoms with Crippen molar-refractivity contribution in [1.82, 2.24) is 4.31 Å². The van der Waals surface area contributed by atoms with Crippen molar-refractivity contribution in [3.05, 3.63) is 18.2 Å². The van der Waals surface area contributed by atoms with Gasteiger partial charge in [0.25, 0.3) is 0 Å². The molecule has 1 atom stereocenters. The third-order valence-corrected chi connectivity index (χ3v) is 5.23. The second-order valence-electron chi connectivity index (χ2n) is 4.30. The van der Waals surface area contributed by atoms with Gasteiger partial charge in [-0.1, -0.05) is 6.92 Å². The lowest BCUT2D eigenvalue weighted by Gasteiger charge is -2.24. The molecular weight excluding hydrogens is 266 g/mol. The Kier molecular flexibility index (Phi) is 5.20. The monoisotopic (exact) mass is 287 g/mol. The Bertz CT molecular complexity index is 527. The van der Waals surface area contributed by atoms with Crippen LogP contribution in [0.25, 0.3) is 0 Å². The summed E-state index contributed by atoms with van der Waals surface area (Å²) in [5.41, 5.74) is 0. The van der Waals surface area contributed by atoms with Gasteiger partial charge in [-0.15, -0.1) is 0 Å². The van der Waals surface area contributed by atoms with E-state index in [0.717, 1.165) is 6.42 Å². The minimum atomic E-state index is -3.60. The third-order valence-electron chi connectivity index (χ3n) is 3.24. The Hall–Kier alpha value is -1.27. The molecule has 19 heavy (non-hydrogen) atoms. The lowest BCUT2D eigenvalue weighted by Crippen LogP contribution is -2.34. The molecule has 0 spiro atoms. The van der Waals surface area contributed by atoms with Gasteiger partial charge in [0, 0.05) is 19.2 Å². The van der Waals surface area contributed by atoms with E-state index in [-0.39, 0.29) is 10.9 Å². The minimum Gasteiger partial charge on any atom is -0.497 e. The summed E-state index contributed by atoms with van der Waals surface area (Å²) in [5, 5.41) is 0. The zero-order valence-corrected chi connectivity index (χ0v) is 12.8. The molecule has 0 heterocycles. The Balaban J connectivity index is 3.34. The van der Waals surface area contributed by atoms with Gasteiger partial charge in [-0.25, -0.2) is 8.42 Å². The highest BCUT2D eigenvalue weighted by Gasteiger charge is 2.28. The predicted molar refractivity (Wildman–Crippen MR) is 74.2 cm³/mol. The van der Waals surface area contributed by atoms with E-state index >= 15 is 0 Å². The standard InChI is InChI=1S/C13H21NO4S/c1-6-10(2)14(3)19(15,16)13-9-11(17-4)7-8-12(13)18-5/h7-10H,6H2,1-5H3. The highest BCUT2D eigenvalue weighted by atomic mass is 32.2. The maximum atomic E-state index is 12.6. The number of hydrogen-bond donors (Lipinski definition) is 0. The van der Waals surface area contributed by atoms with E-state index in [9.17, 15) is 8.42 Å². The molecule has 0 amide bonds. The SMILES string of the molecule is CCC(C)N(C)S(=O)(=O)c1cc(OC)ccc1OC. The fraction of sp³-hybridized carbons (Fsp3) is 0.538. The largest absolute Gasteiger partial charge is 0.497 e. The molecule has 1 rings (SSSR count). The first-order valence-electron chi connectivity index (χ1n) is 6.08. The molecule has 0 radical (unpaired) electrons. The Morgan fingerprint density at radius 3 is 2.37 bits per heavy atom. The number of nitrogens with zero attached hydrogens (tertiary/aromatic N) is 1. The first kappa shape index (κ1) is 15.8. The smallest absolute Gasteiger partial charge is 0.246 e. The van der Waals surface area contributed by atoms with Gasteiger partial charge >= 0.3 is 0 Å². The summed E-state index contributed by atoms with van der Waals surface area (Å²) in [6.45, 7) is 3.81. The number of sulfonamides is 1. The van der Waals surface area contributed by atoms with Gasteiger partial charge in [0.2, 0.25) is 10.0 Å². The molecular formula is C13H21NO4S. The van der Waals surface area contributed by atoms with Gasteiger partial charge in [0.15, 0.2) is 0 Å². The van der Waals surface area contributed by atoms with Crippen molar-refractivity contribution in [2.45, 2.75) is 31.2 Å². The van der Waals surface area contributed by atoms with Crippen LogP contribution >= 0.6 is 0 Å². The molecule has 5 nitrogen and oxygen atoms in total. The second-order valence-corrected chi connectivity index (χ2v) is 6.26. The van der Waals surface area contributed by atoms with Crippen molar-refractivity contribution >= 4 is 10.0 Å². The van der Waals surface area contributed by atoms with Gasteiger partial charge in [0.1, 0.15) is 16.4 Å². The molecule has 0 bridgehead atoms. The molecule has 0 aromatic heterocycles. The quantitative estimate of drug-likeness (QED) is 0.804. The molecule has 0 N–H and O–H groups in total. The van der Waals surface area contributed by atoms with Crippen molar-refractivity contribution in [1.29, 1.82) is 0 Å². The maximum absolute atomic E-state index is 12.6. The fourth-order valence-electron chi connectivity index (χ4n) is 1.63. The molecule has 0 aliphatic heterocycles. The summed E-state index contributed by atoms with van der Waals surface area (Å²) in [6.07, 6.45) is 0.738. The van der Waals surface area contributed by atoms with E-state index in [1.807, 2.05) is 13.8 Å². The highest BCUT2D eigenvalue weighted by Crippen LogP contribution is 2.30. The summed E-state index contributed by atoms with van der Waals surface area (Å²) in [4.78, 5) is 0.122. The molecule has 6 heteroatoms. The first-order chi connectivity index (χ1) is 8.88. The molecule has 1 unspecified atom stereocenters. The van der Waals surface area contributed by atoms with Gasteiger partial charge in [0.05, 0.1) is 14.2 Å². The summed E-state index contributed by atoms with van der Waals surface area (Å²) >= 11 is 0. The van der Waals surface area contributed by atoms with Crippen LogP contribution in [0.5, 0.6) is 11.5 Å². The van der Waals surface area contributed by atoms with Crippen LogP contribution in [0.15, 0.2) is 23.1 Å². The van der Waals surface area contributed by atoms with E-state index in [2.05, 4.69) is 0 Å². The van der Waals surface area contributed by atoms with Gasteiger partial charge in [-0.2, -0.15) is 4.31 Å². The second kappa shape index (κ2) is 6.25. The topological polar surface area (TPSA) is 55.8 Å². The van der Waals surface area contributed by atoms with Crippen molar-refractivity contribution in [3.8, 4) is 11.5 Å². The van der Waals surface area contributed by atoms with Gasteiger partial charge in [-0.3, -0.25) is 0 Å². The molecule has 1 aromatic rings. The summed E-state index contributed by atoms with van der Waals surface area (Å²) in [5.74, 6) is 0.799.